The summed E-state index contributed by atoms with van der Waals surface area (Å²) >= 11 is 0. The second-order valence-corrected chi connectivity index (χ2v) is 8.13. The van der Waals surface area contributed by atoms with Gasteiger partial charge in [0.2, 0.25) is 0 Å². The maximum Gasteiger partial charge on any atom is 0.534 e. The summed E-state index contributed by atoms with van der Waals surface area (Å²) < 4.78 is 6.91. The van der Waals surface area contributed by atoms with Gasteiger partial charge in [0.1, 0.15) is 17.8 Å². The van der Waals surface area contributed by atoms with Crippen LogP contribution in [0.3, 0.4) is 0 Å². The molecule has 3 amide bonds. The molecule has 4 heterocycles. The number of carboxylic acid groups (broad SMARTS) is 1. The maximum absolute atomic E-state index is 11.9. The number of imide groups is 1. The van der Waals surface area contributed by atoms with E-state index in [1.807, 2.05) is 23.7 Å². The van der Waals surface area contributed by atoms with E-state index in [2.05, 4.69) is 20.3 Å². The Labute approximate surface area is 202 Å². The number of aromatic nitrogens is 4. The fourth-order valence-corrected chi connectivity index (χ4v) is 4.03. The number of H-pyrrole nitrogens is 1. The van der Waals surface area contributed by atoms with Crippen LogP contribution in [0, 0.1) is 0 Å². The molecule has 0 radical (unpaired) electrons. The summed E-state index contributed by atoms with van der Waals surface area (Å²) in [6.07, 6.45) is -0.676. The third kappa shape index (κ3) is 4.29. The van der Waals surface area contributed by atoms with Crippen LogP contribution in [-0.4, -0.2) is 53.8 Å². The van der Waals surface area contributed by atoms with Gasteiger partial charge in [0.05, 0.1) is 24.1 Å². The molecule has 1 fully saturated rings. The molecule has 0 bridgehead atoms. The lowest BCUT2D eigenvalue weighted by molar-refractivity contribution is -0.177. The number of carbonyl (C=O) groups excluding carboxylic acids is 3. The maximum atomic E-state index is 11.9. The molecular weight excluding hydrogens is 472 g/mol. The molecule has 1 aliphatic heterocycles. The largest absolute Gasteiger partial charge is 0.534 e. The number of fused-ring (bicyclic) bond motifs is 3. The molecule has 4 aromatic rings. The highest BCUT2D eigenvalue weighted by molar-refractivity contribution is 6.04. The summed E-state index contributed by atoms with van der Waals surface area (Å²) in [6, 6.07) is 9.12. The summed E-state index contributed by atoms with van der Waals surface area (Å²) in [6.45, 7) is -0.136. The number of ether oxygens (including phenoxy) is 1. The third-order valence-electron chi connectivity index (χ3n) is 5.68. The molecule has 0 saturated carbocycles. The first-order valence-electron chi connectivity index (χ1n) is 10.9. The average molecular weight is 492 g/mol. The predicted molar refractivity (Wildman–Crippen MR) is 123 cm³/mol. The number of rotatable bonds is 6. The monoisotopic (exact) mass is 492 g/mol. The van der Waals surface area contributed by atoms with E-state index in [1.54, 1.807) is 24.5 Å². The first-order chi connectivity index (χ1) is 17.3. The van der Waals surface area contributed by atoms with Crippen LogP contribution in [0.5, 0.6) is 0 Å². The molecular formula is C23H20N6O7. The molecule has 3 N–H and O–H groups in total. The van der Waals surface area contributed by atoms with Gasteiger partial charge in [-0.25, -0.2) is 19.6 Å². The highest BCUT2D eigenvalue weighted by Gasteiger charge is 2.33. The van der Waals surface area contributed by atoms with Crippen LogP contribution in [0.4, 0.5) is 9.59 Å². The number of nitrogens with zero attached hydrogens (tertiary/aromatic N) is 4. The number of hydrogen-bond acceptors (Lipinski definition) is 8. The van der Waals surface area contributed by atoms with Crippen molar-refractivity contribution in [2.45, 2.75) is 26.0 Å². The Hall–Kier alpha value is -4.94. The summed E-state index contributed by atoms with van der Waals surface area (Å²) in [5, 5.41) is 12.5. The number of aryl methyl sites for hydroxylation is 1. The Morgan fingerprint density at radius 3 is 2.72 bits per heavy atom. The number of amides is 3. The molecule has 36 heavy (non-hydrogen) atoms. The number of aromatic amines is 1. The number of benzene rings is 1. The van der Waals surface area contributed by atoms with E-state index in [1.165, 1.54) is 0 Å². The Balaban J connectivity index is 1.38. The number of carbonyl (C=O) groups is 4. The highest BCUT2D eigenvalue weighted by atomic mass is 16.8. The number of imidazole rings is 1. The Morgan fingerprint density at radius 2 is 1.97 bits per heavy atom. The smallest absolute Gasteiger partial charge is 0.465 e. The summed E-state index contributed by atoms with van der Waals surface area (Å²) in [4.78, 5) is 63.0. The SMILES string of the molecule is Cn1cnc2c(CNC(=O)O)nc3[nH]c(-c4cccc(COC(=O)ON5C(=O)CCC5=O)c4)cc3c21. The fraction of sp³-hybridized carbons (Fsp3) is 0.217. The molecule has 0 aliphatic carbocycles. The molecule has 0 unspecified atom stereocenters. The van der Waals surface area contributed by atoms with Gasteiger partial charge in [-0.05, 0) is 23.3 Å². The van der Waals surface area contributed by atoms with E-state index in [9.17, 15) is 19.2 Å². The van der Waals surface area contributed by atoms with Crippen molar-refractivity contribution in [3.8, 4) is 11.3 Å². The van der Waals surface area contributed by atoms with Gasteiger partial charge in [0, 0.05) is 31.0 Å². The Bertz CT molecular complexity index is 1520. The van der Waals surface area contributed by atoms with Crippen LogP contribution in [0.1, 0.15) is 24.1 Å². The summed E-state index contributed by atoms with van der Waals surface area (Å²) in [5.41, 5.74) is 4.62. The van der Waals surface area contributed by atoms with Gasteiger partial charge in [-0.1, -0.05) is 23.3 Å². The lowest BCUT2D eigenvalue weighted by Gasteiger charge is -2.12. The van der Waals surface area contributed by atoms with Crippen molar-refractivity contribution < 1.29 is 33.9 Å². The average Bonchev–Trinajstić information content (AvgIpc) is 3.54. The quantitative estimate of drug-likeness (QED) is 0.270. The van der Waals surface area contributed by atoms with E-state index >= 15 is 0 Å². The summed E-state index contributed by atoms with van der Waals surface area (Å²) in [5.74, 6) is -1.17. The molecule has 184 valence electrons. The molecule has 1 aliphatic rings. The first kappa shape index (κ1) is 22.8. The van der Waals surface area contributed by atoms with E-state index in [0.717, 1.165) is 22.2 Å². The molecule has 1 saturated heterocycles. The number of pyridine rings is 1. The van der Waals surface area contributed by atoms with Crippen molar-refractivity contribution in [1.82, 2.24) is 29.9 Å². The van der Waals surface area contributed by atoms with Crippen molar-refractivity contribution >= 4 is 46.1 Å². The Kier molecular flexibility index (Phi) is 5.72. The van der Waals surface area contributed by atoms with Crippen LogP contribution in [-0.2, 0) is 39.4 Å². The lowest BCUT2D eigenvalue weighted by Crippen LogP contribution is -2.32. The van der Waals surface area contributed by atoms with Gasteiger partial charge < -0.3 is 24.7 Å². The normalized spacial score (nSPS) is 13.5. The van der Waals surface area contributed by atoms with Gasteiger partial charge in [-0.15, -0.1) is 0 Å². The third-order valence-corrected chi connectivity index (χ3v) is 5.68. The van der Waals surface area contributed by atoms with Crippen molar-refractivity contribution in [2.24, 2.45) is 7.05 Å². The fourth-order valence-electron chi connectivity index (χ4n) is 4.03. The van der Waals surface area contributed by atoms with Crippen LogP contribution < -0.4 is 5.32 Å². The van der Waals surface area contributed by atoms with Crippen molar-refractivity contribution in [2.75, 3.05) is 0 Å². The van der Waals surface area contributed by atoms with Crippen LogP contribution in [0.2, 0.25) is 0 Å². The van der Waals surface area contributed by atoms with E-state index in [0.29, 0.717) is 27.5 Å². The molecule has 0 atom stereocenters. The standard InChI is InChI=1S/C23H20N6O7/c1-28-11-25-19-16(9-24-22(32)33)27-21-14(20(19)28)8-15(26-21)13-4-2-3-12(7-13)10-35-23(34)36-29-17(30)5-6-18(29)31/h2-4,7-8,11,24H,5-6,9-10H2,1H3,(H,26,27)(H,32,33). The van der Waals surface area contributed by atoms with Gasteiger partial charge in [-0.3, -0.25) is 14.4 Å². The van der Waals surface area contributed by atoms with E-state index in [4.69, 9.17) is 14.7 Å². The molecule has 1 aromatic carbocycles. The number of hydrogen-bond donors (Lipinski definition) is 3. The predicted octanol–water partition coefficient (Wildman–Crippen LogP) is 2.60. The zero-order chi connectivity index (χ0) is 25.4. The van der Waals surface area contributed by atoms with Gasteiger partial charge in [0.15, 0.2) is 0 Å². The molecule has 13 nitrogen and oxygen atoms in total. The Morgan fingerprint density at radius 1 is 1.19 bits per heavy atom. The van der Waals surface area contributed by atoms with E-state index in [-0.39, 0.29) is 26.0 Å². The van der Waals surface area contributed by atoms with Gasteiger partial charge in [0.25, 0.3) is 11.8 Å². The number of nitrogens with one attached hydrogen (secondary N) is 2. The first-order valence-corrected chi connectivity index (χ1v) is 10.9. The van der Waals surface area contributed by atoms with Gasteiger partial charge in [-0.2, -0.15) is 0 Å². The van der Waals surface area contributed by atoms with Crippen molar-refractivity contribution in [1.29, 1.82) is 0 Å². The van der Waals surface area contributed by atoms with Crippen LogP contribution in [0.15, 0.2) is 36.7 Å². The van der Waals surface area contributed by atoms with Crippen LogP contribution >= 0.6 is 0 Å². The zero-order valence-corrected chi connectivity index (χ0v) is 19.0. The minimum absolute atomic E-state index is 0.00377. The second kappa shape index (κ2) is 9.02. The molecule has 5 rings (SSSR count). The van der Waals surface area contributed by atoms with Gasteiger partial charge >= 0.3 is 12.2 Å². The molecule has 3 aromatic heterocycles. The summed E-state index contributed by atoms with van der Waals surface area (Å²) in [7, 11) is 1.84. The highest BCUT2D eigenvalue weighted by Crippen LogP contribution is 2.30. The minimum atomic E-state index is -1.16. The zero-order valence-electron chi connectivity index (χ0n) is 19.0. The van der Waals surface area contributed by atoms with E-state index < -0.39 is 24.1 Å². The number of hydroxylamine groups is 2. The topological polar surface area (TPSA) is 169 Å². The van der Waals surface area contributed by atoms with Crippen LogP contribution in [0.25, 0.3) is 33.3 Å². The molecule has 13 heteroatoms. The molecule has 0 spiro atoms. The lowest BCUT2D eigenvalue weighted by atomic mass is 10.1. The van der Waals surface area contributed by atoms with Crippen molar-refractivity contribution in [3.05, 3.63) is 47.9 Å². The minimum Gasteiger partial charge on any atom is -0.465 e. The van der Waals surface area contributed by atoms with Crippen molar-refractivity contribution in [3.63, 3.8) is 0 Å². The second-order valence-electron chi connectivity index (χ2n) is 8.13.